The summed E-state index contributed by atoms with van der Waals surface area (Å²) in [6.07, 6.45) is 3.61. The maximum Gasteiger partial charge on any atom is 0.149 e. The molecular formula is C13H20N4S2. The van der Waals surface area contributed by atoms with Gasteiger partial charge in [0.2, 0.25) is 0 Å². The SMILES string of the molecule is CCCCC(C)Nc1snc(N)c1-c1nc(C)cs1. The number of aryl methyl sites for hydroxylation is 1. The number of nitrogens with two attached hydrogens (primary N) is 1. The fraction of sp³-hybridized carbons (Fsp3) is 0.538. The molecule has 0 bridgehead atoms. The number of hydrogen-bond donors (Lipinski definition) is 2. The minimum atomic E-state index is 0.430. The third-order valence-corrected chi connectivity index (χ3v) is 4.69. The predicted molar refractivity (Wildman–Crippen MR) is 85.0 cm³/mol. The van der Waals surface area contributed by atoms with Gasteiger partial charge in [-0.3, -0.25) is 0 Å². The molecule has 0 radical (unpaired) electrons. The third-order valence-electron chi connectivity index (χ3n) is 2.92. The molecule has 0 aliphatic heterocycles. The maximum absolute atomic E-state index is 5.98. The summed E-state index contributed by atoms with van der Waals surface area (Å²) in [7, 11) is 0. The molecule has 104 valence electrons. The van der Waals surface area contributed by atoms with Crippen molar-refractivity contribution < 1.29 is 0 Å². The monoisotopic (exact) mass is 296 g/mol. The van der Waals surface area contributed by atoms with Crippen LogP contribution in [0.25, 0.3) is 10.6 Å². The molecule has 0 saturated heterocycles. The van der Waals surface area contributed by atoms with E-state index in [4.69, 9.17) is 5.73 Å². The van der Waals surface area contributed by atoms with Crippen LogP contribution in [0.2, 0.25) is 0 Å². The Morgan fingerprint density at radius 3 is 2.89 bits per heavy atom. The fourth-order valence-electron chi connectivity index (χ4n) is 1.88. The quantitative estimate of drug-likeness (QED) is 0.840. The van der Waals surface area contributed by atoms with Gasteiger partial charge in [-0.2, -0.15) is 4.37 Å². The van der Waals surface area contributed by atoms with Crippen molar-refractivity contribution >= 4 is 33.7 Å². The van der Waals surface area contributed by atoms with Crippen molar-refractivity contribution in [3.05, 3.63) is 11.1 Å². The second kappa shape index (κ2) is 6.34. The van der Waals surface area contributed by atoms with E-state index < -0.39 is 0 Å². The molecule has 2 heterocycles. The molecule has 0 aliphatic carbocycles. The molecule has 2 aromatic heterocycles. The first-order valence-electron chi connectivity index (χ1n) is 6.56. The number of rotatable bonds is 6. The van der Waals surface area contributed by atoms with Crippen LogP contribution < -0.4 is 11.1 Å². The number of nitrogens with zero attached hydrogens (tertiary/aromatic N) is 2. The van der Waals surface area contributed by atoms with E-state index in [0.717, 1.165) is 27.7 Å². The highest BCUT2D eigenvalue weighted by atomic mass is 32.1. The largest absolute Gasteiger partial charge is 0.382 e. The zero-order chi connectivity index (χ0) is 13.8. The van der Waals surface area contributed by atoms with E-state index in [1.807, 2.05) is 12.3 Å². The third kappa shape index (κ3) is 3.45. The van der Waals surface area contributed by atoms with E-state index in [1.54, 1.807) is 11.3 Å². The molecule has 2 aromatic rings. The lowest BCUT2D eigenvalue weighted by atomic mass is 10.1. The molecule has 3 N–H and O–H groups in total. The highest BCUT2D eigenvalue weighted by Gasteiger charge is 2.17. The molecule has 0 saturated carbocycles. The van der Waals surface area contributed by atoms with E-state index in [9.17, 15) is 0 Å². The van der Waals surface area contributed by atoms with Crippen LogP contribution in [0.15, 0.2) is 5.38 Å². The summed E-state index contributed by atoms with van der Waals surface area (Å²) < 4.78 is 4.26. The lowest BCUT2D eigenvalue weighted by molar-refractivity contribution is 0.646. The standard InChI is InChI=1S/C13H20N4S2/c1-4-5-6-8(2)15-13-10(11(14)17-19-13)12-16-9(3)7-18-12/h7-8,15H,4-6H2,1-3H3,(H2,14,17). The first kappa shape index (κ1) is 14.3. The van der Waals surface area contributed by atoms with Gasteiger partial charge >= 0.3 is 0 Å². The first-order valence-corrected chi connectivity index (χ1v) is 8.21. The van der Waals surface area contributed by atoms with E-state index in [-0.39, 0.29) is 0 Å². The van der Waals surface area contributed by atoms with Gasteiger partial charge in [0.1, 0.15) is 15.8 Å². The van der Waals surface area contributed by atoms with Crippen LogP contribution in [0.3, 0.4) is 0 Å². The second-order valence-corrected chi connectivity index (χ2v) is 6.39. The van der Waals surface area contributed by atoms with Gasteiger partial charge in [0.25, 0.3) is 0 Å². The van der Waals surface area contributed by atoms with Crippen molar-refractivity contribution in [2.75, 3.05) is 11.1 Å². The van der Waals surface area contributed by atoms with Crippen molar-refractivity contribution in [1.82, 2.24) is 9.36 Å². The Labute approximate surface area is 122 Å². The lowest BCUT2D eigenvalue weighted by Gasteiger charge is -2.13. The average Bonchev–Trinajstić information content (AvgIpc) is 2.93. The van der Waals surface area contributed by atoms with E-state index >= 15 is 0 Å². The summed E-state index contributed by atoms with van der Waals surface area (Å²) in [4.78, 5) is 4.51. The molecule has 19 heavy (non-hydrogen) atoms. The molecule has 0 fully saturated rings. The molecule has 1 unspecified atom stereocenters. The second-order valence-electron chi connectivity index (χ2n) is 4.75. The number of thiazole rings is 1. The molecule has 6 heteroatoms. The summed E-state index contributed by atoms with van der Waals surface area (Å²) in [6, 6.07) is 0.430. The zero-order valence-corrected chi connectivity index (χ0v) is 13.2. The summed E-state index contributed by atoms with van der Waals surface area (Å²) >= 11 is 3.04. The van der Waals surface area contributed by atoms with Gasteiger partial charge < -0.3 is 11.1 Å². The molecule has 0 aliphatic rings. The Morgan fingerprint density at radius 2 is 2.26 bits per heavy atom. The molecular weight excluding hydrogens is 276 g/mol. The van der Waals surface area contributed by atoms with E-state index in [1.165, 1.54) is 24.4 Å². The molecule has 0 spiro atoms. The zero-order valence-electron chi connectivity index (χ0n) is 11.6. The Kier molecular flexibility index (Phi) is 4.76. The minimum absolute atomic E-state index is 0.430. The highest BCUT2D eigenvalue weighted by Crippen LogP contribution is 2.38. The summed E-state index contributed by atoms with van der Waals surface area (Å²) in [5.74, 6) is 0.574. The van der Waals surface area contributed by atoms with Gasteiger partial charge in [-0.1, -0.05) is 19.8 Å². The molecule has 0 amide bonds. The van der Waals surface area contributed by atoms with Crippen LogP contribution in [-0.2, 0) is 0 Å². The first-order chi connectivity index (χ1) is 9.11. The van der Waals surface area contributed by atoms with Gasteiger partial charge in [-0.25, -0.2) is 4.98 Å². The molecule has 1 atom stereocenters. The van der Waals surface area contributed by atoms with Crippen LogP contribution >= 0.6 is 22.9 Å². The number of nitrogens with one attached hydrogen (secondary N) is 1. The number of hydrogen-bond acceptors (Lipinski definition) is 6. The van der Waals surface area contributed by atoms with Crippen molar-refractivity contribution in [2.24, 2.45) is 0 Å². The van der Waals surface area contributed by atoms with Gasteiger partial charge in [-0.05, 0) is 31.8 Å². The minimum Gasteiger partial charge on any atom is -0.382 e. The van der Waals surface area contributed by atoms with Gasteiger partial charge in [0, 0.05) is 17.1 Å². The van der Waals surface area contributed by atoms with Crippen LogP contribution in [0, 0.1) is 6.92 Å². The fourth-order valence-corrected chi connectivity index (χ4v) is 3.63. The van der Waals surface area contributed by atoms with Crippen molar-refractivity contribution in [2.45, 2.75) is 46.1 Å². The average molecular weight is 296 g/mol. The van der Waals surface area contributed by atoms with Crippen molar-refractivity contribution in [3.63, 3.8) is 0 Å². The molecule has 0 aromatic carbocycles. The number of nitrogen functional groups attached to an aromatic ring is 1. The summed E-state index contributed by atoms with van der Waals surface area (Å²) in [5.41, 5.74) is 7.97. The predicted octanol–water partition coefficient (Wildman–Crippen LogP) is 4.15. The topological polar surface area (TPSA) is 63.8 Å². The Morgan fingerprint density at radius 1 is 1.47 bits per heavy atom. The normalized spacial score (nSPS) is 12.6. The summed E-state index contributed by atoms with van der Waals surface area (Å²) in [5, 5.41) is 7.55. The Balaban J connectivity index is 2.18. The van der Waals surface area contributed by atoms with Crippen LogP contribution in [0.5, 0.6) is 0 Å². The van der Waals surface area contributed by atoms with Gasteiger partial charge in [0.15, 0.2) is 0 Å². The Bertz CT molecular complexity index is 532. The van der Waals surface area contributed by atoms with Crippen molar-refractivity contribution in [1.29, 1.82) is 0 Å². The highest BCUT2D eigenvalue weighted by molar-refractivity contribution is 7.15. The van der Waals surface area contributed by atoms with Crippen molar-refractivity contribution in [3.8, 4) is 10.6 Å². The Hall–Kier alpha value is -1.14. The van der Waals surface area contributed by atoms with E-state index in [0.29, 0.717) is 11.9 Å². The maximum atomic E-state index is 5.98. The number of anilines is 2. The van der Waals surface area contributed by atoms with Gasteiger partial charge in [0.05, 0.1) is 5.56 Å². The number of unbranched alkanes of at least 4 members (excludes halogenated alkanes) is 1. The molecule has 2 rings (SSSR count). The lowest BCUT2D eigenvalue weighted by Crippen LogP contribution is -2.14. The van der Waals surface area contributed by atoms with Gasteiger partial charge in [-0.15, -0.1) is 11.3 Å². The smallest absolute Gasteiger partial charge is 0.149 e. The summed E-state index contributed by atoms with van der Waals surface area (Å²) in [6.45, 7) is 6.40. The van der Waals surface area contributed by atoms with Crippen LogP contribution in [0.1, 0.15) is 38.8 Å². The molecule has 4 nitrogen and oxygen atoms in total. The van der Waals surface area contributed by atoms with Crippen LogP contribution in [0.4, 0.5) is 10.8 Å². The van der Waals surface area contributed by atoms with Crippen LogP contribution in [-0.4, -0.2) is 15.4 Å². The number of aromatic nitrogens is 2. The van der Waals surface area contributed by atoms with E-state index in [2.05, 4.69) is 28.5 Å².